The third-order valence-electron chi connectivity index (χ3n) is 3.10. The Labute approximate surface area is 82.0 Å². The average molecular weight is 191 g/mol. The lowest BCUT2D eigenvalue weighted by Crippen LogP contribution is -2.36. The summed E-state index contributed by atoms with van der Waals surface area (Å²) in [5.41, 5.74) is 1.91. The van der Waals surface area contributed by atoms with Crippen molar-refractivity contribution in [3.8, 4) is 0 Å². The van der Waals surface area contributed by atoms with Gasteiger partial charge in [0.05, 0.1) is 17.6 Å². The van der Waals surface area contributed by atoms with E-state index in [0.29, 0.717) is 0 Å². The second-order valence-corrected chi connectivity index (χ2v) is 4.11. The highest BCUT2D eigenvalue weighted by molar-refractivity contribution is 5.19. The molecule has 2 aliphatic rings. The molecule has 4 nitrogen and oxygen atoms in total. The van der Waals surface area contributed by atoms with Gasteiger partial charge in [-0.2, -0.15) is 0 Å². The van der Waals surface area contributed by atoms with Crippen LogP contribution in [0.1, 0.15) is 24.1 Å². The molecule has 2 heterocycles. The van der Waals surface area contributed by atoms with Crippen LogP contribution in [-0.2, 0) is 13.0 Å². The van der Waals surface area contributed by atoms with Crippen LogP contribution in [-0.4, -0.2) is 27.5 Å². The fourth-order valence-corrected chi connectivity index (χ4v) is 2.13. The number of H-pyrrole nitrogens is 1. The average Bonchev–Trinajstić information content (AvgIpc) is 3.01. The summed E-state index contributed by atoms with van der Waals surface area (Å²) in [6.07, 6.45) is 5.03. The number of aromatic nitrogens is 2. The summed E-state index contributed by atoms with van der Waals surface area (Å²) in [4.78, 5) is 20.8. The molecule has 0 radical (unpaired) electrons. The van der Waals surface area contributed by atoms with Crippen LogP contribution >= 0.6 is 0 Å². The molecule has 0 saturated heterocycles. The topological polar surface area (TPSA) is 49.0 Å². The van der Waals surface area contributed by atoms with Crippen molar-refractivity contribution in [2.45, 2.75) is 31.8 Å². The van der Waals surface area contributed by atoms with E-state index in [-0.39, 0.29) is 5.56 Å². The Morgan fingerprint density at radius 2 is 2.36 bits per heavy atom. The molecule has 0 atom stereocenters. The van der Waals surface area contributed by atoms with Gasteiger partial charge in [-0.25, -0.2) is 4.98 Å². The minimum atomic E-state index is 0.0420. The van der Waals surface area contributed by atoms with E-state index in [0.717, 1.165) is 36.8 Å². The third-order valence-corrected chi connectivity index (χ3v) is 3.10. The van der Waals surface area contributed by atoms with Crippen molar-refractivity contribution in [1.29, 1.82) is 0 Å². The van der Waals surface area contributed by atoms with Crippen molar-refractivity contribution in [2.24, 2.45) is 0 Å². The number of hydrogen-bond donors (Lipinski definition) is 1. The van der Waals surface area contributed by atoms with Crippen molar-refractivity contribution in [3.05, 3.63) is 27.9 Å². The quantitative estimate of drug-likeness (QED) is 0.694. The second-order valence-electron chi connectivity index (χ2n) is 4.11. The molecule has 1 aromatic rings. The number of hydrogen-bond acceptors (Lipinski definition) is 3. The second kappa shape index (κ2) is 2.92. The molecule has 4 heteroatoms. The predicted molar refractivity (Wildman–Crippen MR) is 52.0 cm³/mol. The fourth-order valence-electron chi connectivity index (χ4n) is 2.13. The van der Waals surface area contributed by atoms with Crippen molar-refractivity contribution < 1.29 is 0 Å². The van der Waals surface area contributed by atoms with Crippen LogP contribution in [0.3, 0.4) is 0 Å². The SMILES string of the molecule is O=c1[nH]cnc2c1CN(C1CC1)CC2. The Morgan fingerprint density at radius 1 is 1.50 bits per heavy atom. The van der Waals surface area contributed by atoms with Crippen molar-refractivity contribution in [1.82, 2.24) is 14.9 Å². The molecule has 1 saturated carbocycles. The number of nitrogens with one attached hydrogen (secondary N) is 1. The van der Waals surface area contributed by atoms with Gasteiger partial charge in [-0.15, -0.1) is 0 Å². The van der Waals surface area contributed by atoms with Gasteiger partial charge in [0.25, 0.3) is 5.56 Å². The molecule has 1 aliphatic carbocycles. The normalized spacial score (nSPS) is 22.0. The minimum Gasteiger partial charge on any atom is -0.313 e. The van der Waals surface area contributed by atoms with Crippen LogP contribution in [0, 0.1) is 0 Å². The standard InChI is InChI=1S/C10H13N3O/c14-10-8-5-13(7-1-2-7)4-3-9(8)11-6-12-10/h6-7H,1-5H2,(H,11,12,14). The molecule has 0 amide bonds. The van der Waals surface area contributed by atoms with Gasteiger partial charge in [-0.05, 0) is 12.8 Å². The van der Waals surface area contributed by atoms with Crippen LogP contribution in [0.2, 0.25) is 0 Å². The number of nitrogens with zero attached hydrogens (tertiary/aromatic N) is 2. The maximum atomic E-state index is 11.5. The van der Waals surface area contributed by atoms with Crippen molar-refractivity contribution in [3.63, 3.8) is 0 Å². The van der Waals surface area contributed by atoms with Gasteiger partial charge in [-0.3, -0.25) is 9.69 Å². The van der Waals surface area contributed by atoms with E-state index in [2.05, 4.69) is 14.9 Å². The lowest BCUT2D eigenvalue weighted by atomic mass is 10.1. The lowest BCUT2D eigenvalue weighted by molar-refractivity contribution is 0.240. The van der Waals surface area contributed by atoms with E-state index in [1.807, 2.05) is 0 Å². The highest BCUT2D eigenvalue weighted by atomic mass is 16.1. The molecular formula is C10H13N3O. The van der Waals surface area contributed by atoms with Crippen molar-refractivity contribution >= 4 is 0 Å². The molecule has 0 bridgehead atoms. The Bertz CT molecular complexity index is 408. The van der Waals surface area contributed by atoms with Crippen LogP contribution < -0.4 is 5.56 Å². The smallest absolute Gasteiger partial charge is 0.255 e. The minimum absolute atomic E-state index is 0.0420. The first-order valence-electron chi connectivity index (χ1n) is 5.14. The Balaban J connectivity index is 1.95. The molecule has 0 unspecified atom stereocenters. The maximum Gasteiger partial charge on any atom is 0.255 e. The van der Waals surface area contributed by atoms with Gasteiger partial charge < -0.3 is 4.98 Å². The molecule has 1 N–H and O–H groups in total. The molecule has 14 heavy (non-hydrogen) atoms. The van der Waals surface area contributed by atoms with E-state index < -0.39 is 0 Å². The highest BCUT2D eigenvalue weighted by Crippen LogP contribution is 2.29. The monoisotopic (exact) mass is 191 g/mol. The first-order valence-corrected chi connectivity index (χ1v) is 5.14. The first-order chi connectivity index (χ1) is 6.84. The number of aromatic amines is 1. The fraction of sp³-hybridized carbons (Fsp3) is 0.600. The van der Waals surface area contributed by atoms with Gasteiger partial charge in [0.15, 0.2) is 0 Å². The summed E-state index contributed by atoms with van der Waals surface area (Å²) < 4.78 is 0. The van der Waals surface area contributed by atoms with Gasteiger partial charge in [0, 0.05) is 25.6 Å². The molecule has 1 fully saturated rings. The molecular weight excluding hydrogens is 178 g/mol. The first kappa shape index (κ1) is 8.17. The summed E-state index contributed by atoms with van der Waals surface area (Å²) >= 11 is 0. The largest absolute Gasteiger partial charge is 0.313 e. The summed E-state index contributed by atoms with van der Waals surface area (Å²) in [5.74, 6) is 0. The number of fused-ring (bicyclic) bond motifs is 1. The van der Waals surface area contributed by atoms with Crippen LogP contribution in [0.25, 0.3) is 0 Å². The van der Waals surface area contributed by atoms with Crippen LogP contribution in [0.4, 0.5) is 0 Å². The zero-order valence-electron chi connectivity index (χ0n) is 7.99. The zero-order valence-corrected chi connectivity index (χ0v) is 7.99. The Morgan fingerprint density at radius 3 is 3.14 bits per heavy atom. The number of rotatable bonds is 1. The van der Waals surface area contributed by atoms with Gasteiger partial charge >= 0.3 is 0 Å². The van der Waals surface area contributed by atoms with E-state index in [9.17, 15) is 4.79 Å². The summed E-state index contributed by atoms with van der Waals surface area (Å²) in [5, 5.41) is 0. The summed E-state index contributed by atoms with van der Waals surface area (Å²) in [7, 11) is 0. The maximum absolute atomic E-state index is 11.5. The summed E-state index contributed by atoms with van der Waals surface area (Å²) in [6, 6.07) is 0.739. The Kier molecular flexibility index (Phi) is 1.70. The third kappa shape index (κ3) is 1.26. The Hall–Kier alpha value is -1.16. The van der Waals surface area contributed by atoms with Gasteiger partial charge in [0.1, 0.15) is 0 Å². The molecule has 74 valence electrons. The van der Waals surface area contributed by atoms with E-state index in [1.165, 1.54) is 19.2 Å². The van der Waals surface area contributed by atoms with Crippen LogP contribution in [0.15, 0.2) is 11.1 Å². The predicted octanol–water partition coefficient (Wildman–Crippen LogP) is 0.290. The molecule has 0 aromatic carbocycles. The van der Waals surface area contributed by atoms with Gasteiger partial charge in [0.2, 0.25) is 0 Å². The zero-order chi connectivity index (χ0) is 9.54. The highest BCUT2D eigenvalue weighted by Gasteiger charge is 2.32. The van der Waals surface area contributed by atoms with E-state index in [1.54, 1.807) is 0 Å². The molecule has 1 aromatic heterocycles. The van der Waals surface area contributed by atoms with Crippen LogP contribution in [0.5, 0.6) is 0 Å². The molecule has 1 aliphatic heterocycles. The lowest BCUT2D eigenvalue weighted by Gasteiger charge is -2.26. The van der Waals surface area contributed by atoms with E-state index >= 15 is 0 Å². The van der Waals surface area contributed by atoms with E-state index in [4.69, 9.17) is 0 Å². The summed E-state index contributed by atoms with van der Waals surface area (Å²) in [6.45, 7) is 1.86. The van der Waals surface area contributed by atoms with Crippen molar-refractivity contribution in [2.75, 3.05) is 6.54 Å². The molecule has 3 rings (SSSR count). The van der Waals surface area contributed by atoms with Gasteiger partial charge in [-0.1, -0.05) is 0 Å². The molecule has 0 spiro atoms.